The van der Waals surface area contributed by atoms with Crippen LogP contribution in [0.15, 0.2) is 35.9 Å². The van der Waals surface area contributed by atoms with Gasteiger partial charge >= 0.3 is 0 Å². The van der Waals surface area contributed by atoms with Crippen LogP contribution in [0.2, 0.25) is 0 Å². The number of fused-ring (bicyclic) bond motifs is 2. The molecule has 1 aliphatic rings. The third-order valence-corrected chi connectivity index (χ3v) is 3.63. The fraction of sp³-hybridized carbons (Fsp3) is 0.235. The number of benzene rings is 2. The zero-order valence-electron chi connectivity index (χ0n) is 11.9. The summed E-state index contributed by atoms with van der Waals surface area (Å²) < 4.78 is 5.70. The molecule has 102 valence electrons. The standard InChI is InChI=1S/C17H17NO2/c1-11(19)15-7-14-6-12-4-5-16(18(2)3)8-13(12)9-17(14)20-10-15/h4-9H,10H2,1-3H3. The number of nitrogens with zero attached hydrogens (tertiary/aromatic N) is 1. The number of carbonyl (C=O) groups is 1. The van der Waals surface area contributed by atoms with Crippen molar-refractivity contribution in [3.63, 3.8) is 0 Å². The van der Waals surface area contributed by atoms with Crippen molar-refractivity contribution in [2.45, 2.75) is 6.92 Å². The number of hydrogen-bond donors (Lipinski definition) is 0. The van der Waals surface area contributed by atoms with E-state index in [1.54, 1.807) is 6.92 Å². The van der Waals surface area contributed by atoms with E-state index in [-0.39, 0.29) is 5.78 Å². The first-order valence-electron chi connectivity index (χ1n) is 6.64. The second-order valence-electron chi connectivity index (χ2n) is 5.33. The third-order valence-electron chi connectivity index (χ3n) is 3.63. The molecule has 2 aromatic carbocycles. The molecule has 0 unspecified atom stereocenters. The topological polar surface area (TPSA) is 29.5 Å². The number of ketones is 1. The average Bonchev–Trinajstić information content (AvgIpc) is 2.43. The summed E-state index contributed by atoms with van der Waals surface area (Å²) in [5.41, 5.74) is 2.86. The van der Waals surface area contributed by atoms with E-state index in [1.165, 1.54) is 0 Å². The molecule has 0 aromatic heterocycles. The van der Waals surface area contributed by atoms with Crippen molar-refractivity contribution in [2.75, 3.05) is 25.6 Å². The highest BCUT2D eigenvalue weighted by Gasteiger charge is 2.15. The normalized spacial score (nSPS) is 13.4. The molecule has 0 fully saturated rings. The van der Waals surface area contributed by atoms with Gasteiger partial charge in [-0.05, 0) is 48.0 Å². The molecule has 1 heterocycles. The molecular formula is C17H17NO2. The first kappa shape index (κ1) is 12.7. The highest BCUT2D eigenvalue weighted by atomic mass is 16.5. The highest BCUT2D eigenvalue weighted by Crippen LogP contribution is 2.32. The summed E-state index contributed by atoms with van der Waals surface area (Å²) in [6, 6.07) is 10.5. The number of rotatable bonds is 2. The van der Waals surface area contributed by atoms with Gasteiger partial charge in [-0.15, -0.1) is 0 Å². The molecule has 3 nitrogen and oxygen atoms in total. The molecule has 0 saturated carbocycles. The van der Waals surface area contributed by atoms with Gasteiger partial charge in [-0.1, -0.05) is 6.07 Å². The maximum atomic E-state index is 11.4. The van der Waals surface area contributed by atoms with Crippen LogP contribution in [-0.2, 0) is 4.79 Å². The van der Waals surface area contributed by atoms with Crippen molar-refractivity contribution in [1.29, 1.82) is 0 Å². The lowest BCUT2D eigenvalue weighted by Crippen LogP contribution is -2.12. The van der Waals surface area contributed by atoms with E-state index in [4.69, 9.17) is 4.74 Å². The lowest BCUT2D eigenvalue weighted by Gasteiger charge is -2.18. The smallest absolute Gasteiger partial charge is 0.159 e. The first-order chi connectivity index (χ1) is 9.54. The maximum absolute atomic E-state index is 11.4. The Morgan fingerprint density at radius 2 is 1.95 bits per heavy atom. The van der Waals surface area contributed by atoms with E-state index < -0.39 is 0 Å². The third kappa shape index (κ3) is 2.16. The molecule has 0 spiro atoms. The van der Waals surface area contributed by atoms with Gasteiger partial charge in [-0.2, -0.15) is 0 Å². The summed E-state index contributed by atoms with van der Waals surface area (Å²) >= 11 is 0. The fourth-order valence-corrected chi connectivity index (χ4v) is 2.39. The Morgan fingerprint density at radius 3 is 2.65 bits per heavy atom. The predicted octanol–water partition coefficient (Wildman–Crippen LogP) is 3.27. The molecule has 0 N–H and O–H groups in total. The van der Waals surface area contributed by atoms with Crippen molar-refractivity contribution in [3.8, 4) is 5.75 Å². The number of carbonyl (C=O) groups excluding carboxylic acids is 1. The van der Waals surface area contributed by atoms with Crippen LogP contribution in [0, 0.1) is 0 Å². The quantitative estimate of drug-likeness (QED) is 0.836. The van der Waals surface area contributed by atoms with Crippen LogP contribution < -0.4 is 9.64 Å². The zero-order chi connectivity index (χ0) is 14.3. The lowest BCUT2D eigenvalue weighted by atomic mass is 10.0. The zero-order valence-corrected chi connectivity index (χ0v) is 11.9. The van der Waals surface area contributed by atoms with Gasteiger partial charge in [-0.3, -0.25) is 4.79 Å². The van der Waals surface area contributed by atoms with Crippen molar-refractivity contribution in [3.05, 3.63) is 41.5 Å². The fourth-order valence-electron chi connectivity index (χ4n) is 2.39. The minimum absolute atomic E-state index is 0.0682. The number of hydrogen-bond acceptors (Lipinski definition) is 3. The summed E-state index contributed by atoms with van der Waals surface area (Å²) in [5.74, 6) is 0.914. The molecule has 0 aliphatic carbocycles. The van der Waals surface area contributed by atoms with Crippen LogP contribution >= 0.6 is 0 Å². The SMILES string of the molecule is CC(=O)C1=Cc2cc3ccc(N(C)C)cc3cc2OC1. The second-order valence-corrected chi connectivity index (χ2v) is 5.33. The average molecular weight is 267 g/mol. The van der Waals surface area contributed by atoms with Gasteiger partial charge in [0, 0.05) is 30.9 Å². The highest BCUT2D eigenvalue weighted by molar-refractivity contribution is 6.00. The predicted molar refractivity (Wildman–Crippen MR) is 82.4 cm³/mol. The maximum Gasteiger partial charge on any atom is 0.159 e. The van der Waals surface area contributed by atoms with Gasteiger partial charge < -0.3 is 9.64 Å². The van der Waals surface area contributed by atoms with Crippen LogP contribution in [0.1, 0.15) is 12.5 Å². The van der Waals surface area contributed by atoms with Crippen LogP contribution in [0.25, 0.3) is 16.8 Å². The van der Waals surface area contributed by atoms with Crippen LogP contribution in [-0.4, -0.2) is 26.5 Å². The molecule has 0 amide bonds. The Labute approximate surface area is 118 Å². The Balaban J connectivity index is 2.14. The van der Waals surface area contributed by atoms with Gasteiger partial charge in [0.1, 0.15) is 12.4 Å². The van der Waals surface area contributed by atoms with E-state index in [1.807, 2.05) is 26.2 Å². The van der Waals surface area contributed by atoms with E-state index in [2.05, 4.69) is 29.2 Å². The summed E-state index contributed by atoms with van der Waals surface area (Å²) in [6.07, 6.45) is 1.93. The van der Waals surface area contributed by atoms with E-state index in [9.17, 15) is 4.79 Å². The molecule has 0 bridgehead atoms. The number of Topliss-reactive ketones (excluding diaryl/α,β-unsaturated/α-hetero) is 1. The van der Waals surface area contributed by atoms with E-state index >= 15 is 0 Å². The van der Waals surface area contributed by atoms with Crippen LogP contribution in [0.4, 0.5) is 5.69 Å². The molecule has 0 atom stereocenters. The van der Waals surface area contributed by atoms with E-state index in [0.717, 1.165) is 33.3 Å². The summed E-state index contributed by atoms with van der Waals surface area (Å²) in [6.45, 7) is 1.94. The van der Waals surface area contributed by atoms with E-state index in [0.29, 0.717) is 6.61 Å². The Morgan fingerprint density at radius 1 is 1.15 bits per heavy atom. The minimum atomic E-state index is 0.0682. The summed E-state index contributed by atoms with van der Waals surface area (Å²) in [7, 11) is 4.05. The Bertz CT molecular complexity index is 729. The minimum Gasteiger partial charge on any atom is -0.488 e. The largest absolute Gasteiger partial charge is 0.488 e. The molecule has 3 rings (SSSR count). The molecule has 20 heavy (non-hydrogen) atoms. The molecule has 2 aromatic rings. The summed E-state index contributed by atoms with van der Waals surface area (Å²) in [5, 5.41) is 2.30. The lowest BCUT2D eigenvalue weighted by molar-refractivity contribution is -0.113. The number of ether oxygens (including phenoxy) is 1. The Hall–Kier alpha value is -2.29. The molecule has 1 aliphatic heterocycles. The summed E-state index contributed by atoms with van der Waals surface area (Å²) in [4.78, 5) is 13.5. The monoisotopic (exact) mass is 267 g/mol. The van der Waals surface area contributed by atoms with Crippen molar-refractivity contribution in [1.82, 2.24) is 0 Å². The van der Waals surface area contributed by atoms with Crippen LogP contribution in [0.3, 0.4) is 0 Å². The molecule has 0 radical (unpaired) electrons. The molecule has 0 saturated heterocycles. The second kappa shape index (κ2) is 4.67. The number of anilines is 1. The van der Waals surface area contributed by atoms with Gasteiger partial charge in [0.2, 0.25) is 0 Å². The van der Waals surface area contributed by atoms with Gasteiger partial charge in [0.15, 0.2) is 5.78 Å². The van der Waals surface area contributed by atoms with Crippen molar-refractivity contribution in [2.24, 2.45) is 0 Å². The molecule has 3 heteroatoms. The first-order valence-corrected chi connectivity index (χ1v) is 6.64. The Kier molecular flexibility index (Phi) is 2.97. The van der Waals surface area contributed by atoms with Gasteiger partial charge in [0.25, 0.3) is 0 Å². The van der Waals surface area contributed by atoms with Crippen LogP contribution in [0.5, 0.6) is 5.75 Å². The molecular weight excluding hydrogens is 250 g/mol. The van der Waals surface area contributed by atoms with Gasteiger partial charge in [-0.25, -0.2) is 0 Å². The van der Waals surface area contributed by atoms with Crippen molar-refractivity contribution < 1.29 is 9.53 Å². The van der Waals surface area contributed by atoms with Gasteiger partial charge in [0.05, 0.1) is 0 Å². The van der Waals surface area contributed by atoms with Crippen molar-refractivity contribution >= 4 is 28.3 Å².